The quantitative estimate of drug-likeness (QED) is 0.782. The van der Waals surface area contributed by atoms with E-state index in [9.17, 15) is 13.2 Å². The number of aryl methyl sites for hydroxylation is 2. The monoisotopic (exact) mass is 418 g/mol. The van der Waals surface area contributed by atoms with Crippen molar-refractivity contribution < 1.29 is 13.2 Å². The van der Waals surface area contributed by atoms with E-state index in [0.717, 1.165) is 22.6 Å². The van der Waals surface area contributed by atoms with Crippen LogP contribution in [0.1, 0.15) is 50.2 Å². The third-order valence-corrected chi connectivity index (χ3v) is 7.28. The van der Waals surface area contributed by atoms with Gasteiger partial charge in [0.05, 0.1) is 23.2 Å². The van der Waals surface area contributed by atoms with Gasteiger partial charge in [-0.3, -0.25) is 4.79 Å². The van der Waals surface area contributed by atoms with Gasteiger partial charge in [0, 0.05) is 12.2 Å². The first-order chi connectivity index (χ1) is 13.6. The molecule has 1 aromatic heterocycles. The highest BCUT2D eigenvalue weighted by atomic mass is 32.2. The molecule has 1 fully saturated rings. The van der Waals surface area contributed by atoms with Crippen LogP contribution in [0.3, 0.4) is 0 Å². The Morgan fingerprint density at radius 3 is 2.28 bits per heavy atom. The summed E-state index contributed by atoms with van der Waals surface area (Å²) in [5, 5.41) is 7.49. The summed E-state index contributed by atoms with van der Waals surface area (Å²) < 4.78 is 27.9. The fourth-order valence-electron chi connectivity index (χ4n) is 3.91. The minimum atomic E-state index is -3.35. The fraction of sp³-hybridized carbons (Fsp3) is 0.524. The molecule has 1 aliphatic heterocycles. The topological polar surface area (TPSA) is 84.3 Å². The molecule has 158 valence electrons. The van der Waals surface area contributed by atoms with Crippen LogP contribution in [-0.2, 0) is 14.8 Å². The van der Waals surface area contributed by atoms with Gasteiger partial charge in [-0.05, 0) is 56.9 Å². The highest BCUT2D eigenvalue weighted by molar-refractivity contribution is 7.89. The minimum Gasteiger partial charge on any atom is -0.348 e. The van der Waals surface area contributed by atoms with Crippen LogP contribution < -0.4 is 5.32 Å². The summed E-state index contributed by atoms with van der Waals surface area (Å²) in [5.41, 5.74) is 3.93. The molecule has 0 unspecified atom stereocenters. The number of carbonyl (C=O) groups is 1. The number of nitrogens with one attached hydrogen (secondary N) is 1. The summed E-state index contributed by atoms with van der Waals surface area (Å²) in [5.74, 6) is -0.239. The molecule has 0 saturated carbocycles. The highest BCUT2D eigenvalue weighted by Gasteiger charge is 2.40. The Hall–Kier alpha value is -2.19. The van der Waals surface area contributed by atoms with Gasteiger partial charge in [-0.2, -0.15) is 9.40 Å². The van der Waals surface area contributed by atoms with E-state index in [-0.39, 0.29) is 23.6 Å². The molecule has 1 N–H and O–H groups in total. The molecule has 0 spiro atoms. The number of amides is 1. The Balaban J connectivity index is 1.74. The third-order valence-electron chi connectivity index (χ3n) is 5.35. The molecule has 2 heterocycles. The van der Waals surface area contributed by atoms with Gasteiger partial charge in [0.25, 0.3) is 0 Å². The number of rotatable bonds is 6. The first-order valence-electron chi connectivity index (χ1n) is 10.0. The second kappa shape index (κ2) is 8.28. The molecule has 29 heavy (non-hydrogen) atoms. The summed E-state index contributed by atoms with van der Waals surface area (Å²) in [6.07, 6.45) is 0.572. The number of sulfonamides is 1. The van der Waals surface area contributed by atoms with E-state index < -0.39 is 16.1 Å². The Morgan fingerprint density at radius 2 is 1.79 bits per heavy atom. The van der Waals surface area contributed by atoms with Crippen LogP contribution in [0, 0.1) is 19.8 Å². The van der Waals surface area contributed by atoms with Crippen molar-refractivity contribution in [3.05, 3.63) is 47.3 Å². The third kappa shape index (κ3) is 4.53. The molecule has 0 aliphatic carbocycles. The lowest BCUT2D eigenvalue weighted by atomic mass is 10.0. The van der Waals surface area contributed by atoms with Crippen LogP contribution in [-0.4, -0.2) is 46.8 Å². The summed E-state index contributed by atoms with van der Waals surface area (Å²) >= 11 is 0. The van der Waals surface area contributed by atoms with Gasteiger partial charge in [0.15, 0.2) is 0 Å². The molecule has 1 aromatic carbocycles. The van der Waals surface area contributed by atoms with Crippen molar-refractivity contribution in [3.63, 3.8) is 0 Å². The van der Waals surface area contributed by atoms with E-state index in [1.807, 2.05) is 69.6 Å². The Kier molecular flexibility index (Phi) is 6.14. The number of nitrogens with zero attached hydrogens (tertiary/aromatic N) is 3. The molecular formula is C21H30N4O3S. The van der Waals surface area contributed by atoms with Gasteiger partial charge in [-0.15, -0.1) is 0 Å². The smallest absolute Gasteiger partial charge is 0.239 e. The number of aromatic nitrogens is 2. The van der Waals surface area contributed by atoms with Crippen molar-refractivity contribution in [3.8, 4) is 5.69 Å². The zero-order chi connectivity index (χ0) is 21.3. The van der Waals surface area contributed by atoms with Crippen LogP contribution in [0.2, 0.25) is 0 Å². The average Bonchev–Trinajstić information content (AvgIpc) is 3.15. The lowest BCUT2D eigenvalue weighted by Gasteiger charge is -2.29. The van der Waals surface area contributed by atoms with Gasteiger partial charge >= 0.3 is 0 Å². The number of hydrogen-bond donors (Lipinski definition) is 1. The van der Waals surface area contributed by atoms with E-state index in [0.29, 0.717) is 13.0 Å². The molecule has 8 heteroatoms. The highest BCUT2D eigenvalue weighted by Crippen LogP contribution is 2.24. The fourth-order valence-corrected chi connectivity index (χ4v) is 5.73. The minimum absolute atomic E-state index is 0.108. The Labute approximate surface area is 173 Å². The summed E-state index contributed by atoms with van der Waals surface area (Å²) in [6, 6.07) is 8.99. The number of carbonyl (C=O) groups excluding carboxylic acids is 1. The maximum absolute atomic E-state index is 12.9. The molecule has 1 aliphatic rings. The van der Waals surface area contributed by atoms with Crippen molar-refractivity contribution in [2.45, 2.75) is 53.1 Å². The van der Waals surface area contributed by atoms with Gasteiger partial charge < -0.3 is 5.32 Å². The van der Waals surface area contributed by atoms with Crippen LogP contribution >= 0.6 is 0 Å². The zero-order valence-corrected chi connectivity index (χ0v) is 18.5. The summed E-state index contributed by atoms with van der Waals surface area (Å²) in [4.78, 5) is 12.9. The molecule has 7 nitrogen and oxygen atoms in total. The SMILES string of the molecule is Cc1cc(C)n(-c2ccc([C@H](C)NC(=O)[C@H](C(C)C)N3CCCS3(=O)=O)cc2)n1. The van der Waals surface area contributed by atoms with Gasteiger partial charge in [0.1, 0.15) is 6.04 Å². The van der Waals surface area contributed by atoms with Crippen molar-refractivity contribution >= 4 is 15.9 Å². The first kappa shape index (κ1) is 21.5. The predicted molar refractivity (Wildman–Crippen MR) is 113 cm³/mol. The van der Waals surface area contributed by atoms with Crippen LogP contribution in [0.25, 0.3) is 5.69 Å². The van der Waals surface area contributed by atoms with Crippen LogP contribution in [0.4, 0.5) is 0 Å². The van der Waals surface area contributed by atoms with Crippen molar-refractivity contribution in [1.82, 2.24) is 19.4 Å². The van der Waals surface area contributed by atoms with E-state index in [2.05, 4.69) is 10.4 Å². The summed E-state index contributed by atoms with van der Waals surface area (Å²) in [6.45, 7) is 10.0. The Bertz CT molecular complexity index is 980. The molecule has 0 bridgehead atoms. The molecule has 2 atom stereocenters. The van der Waals surface area contributed by atoms with E-state index in [1.165, 1.54) is 4.31 Å². The average molecular weight is 419 g/mol. The van der Waals surface area contributed by atoms with E-state index >= 15 is 0 Å². The normalized spacial score (nSPS) is 18.7. The maximum atomic E-state index is 12.9. The van der Waals surface area contributed by atoms with Gasteiger partial charge in [0.2, 0.25) is 15.9 Å². The second-order valence-corrected chi connectivity index (χ2v) is 10.2. The van der Waals surface area contributed by atoms with Crippen LogP contribution in [0.5, 0.6) is 0 Å². The van der Waals surface area contributed by atoms with Crippen molar-refractivity contribution in [2.75, 3.05) is 12.3 Å². The molecular weight excluding hydrogens is 388 g/mol. The number of benzene rings is 1. The Morgan fingerprint density at radius 1 is 1.14 bits per heavy atom. The van der Waals surface area contributed by atoms with Crippen molar-refractivity contribution in [1.29, 1.82) is 0 Å². The van der Waals surface area contributed by atoms with Gasteiger partial charge in [-0.1, -0.05) is 26.0 Å². The van der Waals surface area contributed by atoms with Crippen LogP contribution in [0.15, 0.2) is 30.3 Å². The maximum Gasteiger partial charge on any atom is 0.239 e. The molecule has 1 saturated heterocycles. The molecule has 3 rings (SSSR count). The molecule has 0 radical (unpaired) electrons. The van der Waals surface area contributed by atoms with Crippen molar-refractivity contribution in [2.24, 2.45) is 5.92 Å². The van der Waals surface area contributed by atoms with Gasteiger partial charge in [-0.25, -0.2) is 13.1 Å². The lowest BCUT2D eigenvalue weighted by molar-refractivity contribution is -0.126. The predicted octanol–water partition coefficient (Wildman–Crippen LogP) is 2.73. The largest absolute Gasteiger partial charge is 0.348 e. The van der Waals surface area contributed by atoms with E-state index in [1.54, 1.807) is 0 Å². The summed E-state index contributed by atoms with van der Waals surface area (Å²) in [7, 11) is -3.35. The molecule has 2 aromatic rings. The standard InChI is InChI=1S/C21H30N4O3S/c1-14(2)20(24-11-6-12-29(24,27)28)21(26)22-17(5)18-7-9-19(10-8-18)25-16(4)13-15(3)23-25/h7-10,13-14,17,20H,6,11-12H2,1-5H3,(H,22,26)/t17-,20-/m0/s1. The molecule has 1 amide bonds. The zero-order valence-electron chi connectivity index (χ0n) is 17.7. The van der Waals surface area contributed by atoms with E-state index in [4.69, 9.17) is 0 Å². The lowest BCUT2D eigenvalue weighted by Crippen LogP contribution is -2.50. The number of hydrogen-bond acceptors (Lipinski definition) is 4. The second-order valence-electron chi connectivity index (χ2n) is 8.13. The first-order valence-corrected chi connectivity index (χ1v) is 11.6.